The van der Waals surface area contributed by atoms with Gasteiger partial charge in [0.05, 0.1) is 13.2 Å². The second-order valence-electron chi connectivity index (χ2n) is 7.12. The van der Waals surface area contributed by atoms with Crippen molar-refractivity contribution in [1.82, 2.24) is 9.97 Å². The van der Waals surface area contributed by atoms with Crippen LogP contribution in [-0.4, -0.2) is 62.8 Å². The molecule has 2 aromatic rings. The van der Waals surface area contributed by atoms with Gasteiger partial charge in [-0.1, -0.05) is 6.07 Å². The molecule has 7 nitrogen and oxygen atoms in total. The molecule has 27 heavy (non-hydrogen) atoms. The number of nitrogens with zero attached hydrogens (tertiary/aromatic N) is 5. The zero-order chi connectivity index (χ0) is 18.8. The van der Waals surface area contributed by atoms with Crippen LogP contribution in [0.5, 0.6) is 0 Å². The Balaban J connectivity index is 1.65. The molecule has 1 amide bonds. The number of rotatable bonds is 3. The van der Waals surface area contributed by atoms with Crippen molar-refractivity contribution in [2.75, 3.05) is 61.6 Å². The number of fused-ring (bicyclic) bond motifs is 1. The molecule has 2 aliphatic rings. The van der Waals surface area contributed by atoms with Gasteiger partial charge in [0.1, 0.15) is 5.82 Å². The molecule has 1 fully saturated rings. The number of hydrogen-bond acceptors (Lipinski definition) is 6. The summed E-state index contributed by atoms with van der Waals surface area (Å²) in [5.74, 6) is 1.42. The number of benzene rings is 1. The molecule has 7 heteroatoms. The number of aryl methyl sites for hydroxylation is 1. The predicted molar refractivity (Wildman–Crippen MR) is 106 cm³/mol. The van der Waals surface area contributed by atoms with Crippen LogP contribution in [0.2, 0.25) is 0 Å². The monoisotopic (exact) mass is 367 g/mol. The van der Waals surface area contributed by atoms with Crippen LogP contribution in [0.4, 0.5) is 17.5 Å². The summed E-state index contributed by atoms with van der Waals surface area (Å²) in [7, 11) is 3.95. The Hall–Kier alpha value is -2.67. The van der Waals surface area contributed by atoms with Crippen molar-refractivity contribution < 1.29 is 9.53 Å². The zero-order valence-electron chi connectivity index (χ0n) is 15.9. The highest BCUT2D eigenvalue weighted by Crippen LogP contribution is 2.28. The summed E-state index contributed by atoms with van der Waals surface area (Å²) in [5.41, 5.74) is 2.73. The standard InChI is InChI=1S/C20H25N5O2/c1-23(2)17-7-3-5-15(13-17)19(26)25-8-4-6-16-14-21-20(22-18(16)25)24-9-11-27-12-10-24/h3,5,7,13-14H,4,6,8-12H2,1-2H3. The van der Waals surface area contributed by atoms with E-state index >= 15 is 0 Å². The molecule has 1 saturated heterocycles. The summed E-state index contributed by atoms with van der Waals surface area (Å²) in [6.07, 6.45) is 3.70. The number of carbonyl (C=O) groups is 1. The number of ether oxygens (including phenoxy) is 1. The van der Waals surface area contributed by atoms with Gasteiger partial charge in [0.15, 0.2) is 0 Å². The SMILES string of the molecule is CN(C)c1cccc(C(=O)N2CCCc3cnc(N4CCOCC4)nc32)c1. The van der Waals surface area contributed by atoms with E-state index in [1.54, 1.807) is 4.90 Å². The third kappa shape index (κ3) is 3.60. The summed E-state index contributed by atoms with van der Waals surface area (Å²) in [4.78, 5) is 28.5. The summed E-state index contributed by atoms with van der Waals surface area (Å²) < 4.78 is 5.42. The minimum Gasteiger partial charge on any atom is -0.378 e. The smallest absolute Gasteiger partial charge is 0.259 e. The second kappa shape index (κ2) is 7.52. The lowest BCUT2D eigenvalue weighted by atomic mass is 10.1. The van der Waals surface area contributed by atoms with Crippen molar-refractivity contribution >= 4 is 23.4 Å². The third-order valence-corrected chi connectivity index (χ3v) is 5.06. The maximum absolute atomic E-state index is 13.2. The number of hydrogen-bond donors (Lipinski definition) is 0. The van der Waals surface area contributed by atoms with Crippen LogP contribution in [0, 0.1) is 0 Å². The van der Waals surface area contributed by atoms with Crippen LogP contribution < -0.4 is 14.7 Å². The van der Waals surface area contributed by atoms with E-state index in [1.165, 1.54) is 0 Å². The average Bonchev–Trinajstić information content (AvgIpc) is 2.73. The Morgan fingerprint density at radius 2 is 2.00 bits per heavy atom. The minimum absolute atomic E-state index is 0.00808. The quantitative estimate of drug-likeness (QED) is 0.827. The van der Waals surface area contributed by atoms with Gasteiger partial charge in [-0.05, 0) is 31.0 Å². The average molecular weight is 367 g/mol. The van der Waals surface area contributed by atoms with Crippen LogP contribution in [0.15, 0.2) is 30.5 Å². The van der Waals surface area contributed by atoms with E-state index < -0.39 is 0 Å². The van der Waals surface area contributed by atoms with Crippen LogP contribution in [0.1, 0.15) is 22.3 Å². The first-order chi connectivity index (χ1) is 13.1. The van der Waals surface area contributed by atoms with Gasteiger partial charge < -0.3 is 14.5 Å². The lowest BCUT2D eigenvalue weighted by Gasteiger charge is -2.31. The van der Waals surface area contributed by atoms with Crippen molar-refractivity contribution in [1.29, 1.82) is 0 Å². The predicted octanol–water partition coefficient (Wildman–Crippen LogP) is 1.97. The first-order valence-corrected chi connectivity index (χ1v) is 9.41. The number of anilines is 3. The van der Waals surface area contributed by atoms with Gasteiger partial charge in [-0.3, -0.25) is 9.69 Å². The van der Waals surface area contributed by atoms with E-state index in [2.05, 4.69) is 9.88 Å². The summed E-state index contributed by atoms with van der Waals surface area (Å²) >= 11 is 0. The van der Waals surface area contributed by atoms with Crippen molar-refractivity contribution in [2.24, 2.45) is 0 Å². The number of aromatic nitrogens is 2. The second-order valence-corrected chi connectivity index (χ2v) is 7.12. The topological polar surface area (TPSA) is 61.8 Å². The van der Waals surface area contributed by atoms with Gasteiger partial charge >= 0.3 is 0 Å². The van der Waals surface area contributed by atoms with Crippen LogP contribution in [0.3, 0.4) is 0 Å². The molecule has 0 spiro atoms. The third-order valence-electron chi connectivity index (χ3n) is 5.06. The summed E-state index contributed by atoms with van der Waals surface area (Å²) in [5, 5.41) is 0. The summed E-state index contributed by atoms with van der Waals surface area (Å²) in [6.45, 7) is 3.59. The number of amides is 1. The molecule has 0 unspecified atom stereocenters. The van der Waals surface area contributed by atoms with Crippen LogP contribution >= 0.6 is 0 Å². The largest absolute Gasteiger partial charge is 0.378 e. The Bertz CT molecular complexity index is 833. The fraction of sp³-hybridized carbons (Fsp3) is 0.450. The maximum atomic E-state index is 13.2. The molecule has 0 aliphatic carbocycles. The Morgan fingerprint density at radius 3 is 2.78 bits per heavy atom. The van der Waals surface area contributed by atoms with E-state index in [4.69, 9.17) is 9.72 Å². The molecule has 1 aromatic carbocycles. The molecular weight excluding hydrogens is 342 g/mol. The molecular formula is C20H25N5O2. The van der Waals surface area contributed by atoms with Crippen molar-refractivity contribution in [3.05, 3.63) is 41.6 Å². The van der Waals surface area contributed by atoms with Crippen molar-refractivity contribution in [3.63, 3.8) is 0 Å². The van der Waals surface area contributed by atoms with Gasteiger partial charge in [0, 0.05) is 56.7 Å². The van der Waals surface area contributed by atoms with E-state index in [-0.39, 0.29) is 5.91 Å². The first-order valence-electron chi connectivity index (χ1n) is 9.41. The van der Waals surface area contributed by atoms with E-state index in [0.717, 1.165) is 43.0 Å². The summed E-state index contributed by atoms with van der Waals surface area (Å²) in [6, 6.07) is 7.72. The highest BCUT2D eigenvalue weighted by atomic mass is 16.5. The number of carbonyl (C=O) groups excluding carboxylic acids is 1. The molecule has 0 radical (unpaired) electrons. The molecule has 1 aromatic heterocycles. The van der Waals surface area contributed by atoms with Crippen LogP contribution in [0.25, 0.3) is 0 Å². The lowest BCUT2D eigenvalue weighted by molar-refractivity contribution is 0.0984. The molecule has 0 N–H and O–H groups in total. The normalized spacial score (nSPS) is 16.8. The van der Waals surface area contributed by atoms with Gasteiger partial charge in [-0.25, -0.2) is 4.98 Å². The molecule has 142 valence electrons. The Kier molecular flexibility index (Phi) is 4.94. The maximum Gasteiger partial charge on any atom is 0.259 e. The van der Waals surface area contributed by atoms with Crippen LogP contribution in [-0.2, 0) is 11.2 Å². The number of morpholine rings is 1. The van der Waals surface area contributed by atoms with Crippen molar-refractivity contribution in [2.45, 2.75) is 12.8 Å². The zero-order valence-corrected chi connectivity index (χ0v) is 15.9. The van der Waals surface area contributed by atoms with Crippen molar-refractivity contribution in [3.8, 4) is 0 Å². The van der Waals surface area contributed by atoms with E-state index in [9.17, 15) is 4.79 Å². The molecule has 2 aliphatic heterocycles. The Morgan fingerprint density at radius 1 is 1.19 bits per heavy atom. The van der Waals surface area contributed by atoms with Gasteiger partial charge in [0.25, 0.3) is 5.91 Å². The first kappa shape index (κ1) is 17.7. The van der Waals surface area contributed by atoms with E-state index in [0.29, 0.717) is 31.3 Å². The molecule has 0 bridgehead atoms. The minimum atomic E-state index is -0.00808. The fourth-order valence-electron chi connectivity index (χ4n) is 3.52. The molecule has 0 saturated carbocycles. The highest BCUT2D eigenvalue weighted by molar-refractivity contribution is 6.06. The van der Waals surface area contributed by atoms with Gasteiger partial charge in [-0.2, -0.15) is 4.98 Å². The molecule has 4 rings (SSSR count). The molecule has 3 heterocycles. The lowest BCUT2D eigenvalue weighted by Crippen LogP contribution is -2.39. The Labute approximate surface area is 159 Å². The van der Waals surface area contributed by atoms with Gasteiger partial charge in [0.2, 0.25) is 5.95 Å². The fourth-order valence-corrected chi connectivity index (χ4v) is 3.52. The molecule has 0 atom stereocenters. The highest BCUT2D eigenvalue weighted by Gasteiger charge is 2.27. The van der Waals surface area contributed by atoms with Gasteiger partial charge in [-0.15, -0.1) is 0 Å². The van der Waals surface area contributed by atoms with E-state index in [1.807, 2.05) is 49.5 Å².